The number of aromatic nitrogens is 2. The number of anilines is 1. The maximum Gasteiger partial charge on any atom is 0.354 e. The molecule has 0 unspecified atom stereocenters. The number of hydrogen-bond donors (Lipinski definition) is 2. The fourth-order valence-electron chi connectivity index (χ4n) is 5.44. The molecule has 1 atom stereocenters. The summed E-state index contributed by atoms with van der Waals surface area (Å²) in [5.74, 6) is 0.351. The molecule has 1 aromatic carbocycles. The highest BCUT2D eigenvalue weighted by Gasteiger charge is 2.50. The Kier molecular flexibility index (Phi) is 3.86. The molecule has 3 N–H and O–H groups in total. The fourth-order valence-corrected chi connectivity index (χ4v) is 6.45. The zero-order chi connectivity index (χ0) is 20.5. The summed E-state index contributed by atoms with van der Waals surface area (Å²) >= 11 is 0. The molecule has 8 nitrogen and oxygen atoms in total. The summed E-state index contributed by atoms with van der Waals surface area (Å²) < 4.78 is 24.2. The molecule has 0 bridgehead atoms. The van der Waals surface area contributed by atoms with Gasteiger partial charge in [-0.1, -0.05) is 6.07 Å². The van der Waals surface area contributed by atoms with Gasteiger partial charge in [0, 0.05) is 18.7 Å². The summed E-state index contributed by atoms with van der Waals surface area (Å²) in [5.41, 5.74) is 6.33. The molecule has 1 saturated carbocycles. The number of urea groups is 1. The van der Waals surface area contributed by atoms with E-state index in [2.05, 4.69) is 20.8 Å². The van der Waals surface area contributed by atoms with Crippen molar-refractivity contribution in [1.82, 2.24) is 9.78 Å². The van der Waals surface area contributed by atoms with Gasteiger partial charge < -0.3 is 10.1 Å². The van der Waals surface area contributed by atoms with Crippen molar-refractivity contribution in [2.24, 2.45) is 9.50 Å². The Morgan fingerprint density at radius 2 is 2.10 bits per heavy atom. The highest BCUT2D eigenvalue weighted by atomic mass is 32.2. The van der Waals surface area contributed by atoms with Gasteiger partial charge in [0.05, 0.1) is 12.8 Å². The molecule has 30 heavy (non-hydrogen) atoms. The van der Waals surface area contributed by atoms with E-state index in [-0.39, 0.29) is 10.3 Å². The minimum atomic E-state index is -3.46. The van der Waals surface area contributed by atoms with E-state index >= 15 is 0 Å². The number of benzene rings is 1. The normalized spacial score (nSPS) is 21.9. The lowest BCUT2D eigenvalue weighted by molar-refractivity contribution is 0.224. The van der Waals surface area contributed by atoms with Crippen LogP contribution in [-0.2, 0) is 41.1 Å². The van der Waals surface area contributed by atoms with Crippen LogP contribution in [0.25, 0.3) is 0 Å². The van der Waals surface area contributed by atoms with Crippen molar-refractivity contribution in [1.29, 1.82) is 0 Å². The summed E-state index contributed by atoms with van der Waals surface area (Å²) in [6, 6.07) is 1.68. The average molecular weight is 428 g/mol. The second-order valence-electron chi connectivity index (χ2n) is 8.89. The fraction of sp³-hybridized carbons (Fsp3) is 0.524. The van der Waals surface area contributed by atoms with Gasteiger partial charge in [0.2, 0.25) is 5.88 Å². The number of nitrogens with two attached hydrogens (primary N) is 1. The largest absolute Gasteiger partial charge is 0.477 e. The molecular weight excluding hydrogens is 402 g/mol. The number of fused-ring (bicyclic) bond motifs is 4. The molecular formula is C21H25N5O3S. The number of aryl methyl sites for hydroxylation is 3. The number of carbonyl (C=O) groups excluding carboxylic acids is 1. The number of nitrogens with zero attached hydrogens (tertiary/aromatic N) is 3. The predicted octanol–water partition coefficient (Wildman–Crippen LogP) is 3.06. The molecule has 2 amide bonds. The van der Waals surface area contributed by atoms with Crippen LogP contribution in [0.15, 0.2) is 21.5 Å². The molecule has 1 fully saturated rings. The first-order valence-corrected chi connectivity index (χ1v) is 12.3. The van der Waals surface area contributed by atoms with Crippen molar-refractivity contribution in [2.75, 3.05) is 11.9 Å². The third-order valence-corrected chi connectivity index (χ3v) is 8.36. The molecule has 2 heterocycles. The number of amides is 2. The Balaban J connectivity index is 1.38. The Bertz CT molecular complexity index is 1200. The van der Waals surface area contributed by atoms with E-state index < -0.39 is 15.9 Å². The van der Waals surface area contributed by atoms with Crippen LogP contribution < -0.4 is 15.2 Å². The second-order valence-corrected chi connectivity index (χ2v) is 10.6. The van der Waals surface area contributed by atoms with Crippen LogP contribution in [0.5, 0.6) is 5.88 Å². The number of carbonyl (C=O) groups is 1. The van der Waals surface area contributed by atoms with Crippen LogP contribution in [0.4, 0.5) is 10.5 Å². The highest BCUT2D eigenvalue weighted by molar-refractivity contribution is 7.91. The van der Waals surface area contributed by atoms with E-state index in [0.717, 1.165) is 44.2 Å². The van der Waals surface area contributed by atoms with Gasteiger partial charge in [-0.25, -0.2) is 18.8 Å². The van der Waals surface area contributed by atoms with Crippen LogP contribution in [0, 0.1) is 0 Å². The molecule has 1 spiro atoms. The van der Waals surface area contributed by atoms with Gasteiger partial charge in [-0.2, -0.15) is 5.10 Å². The molecule has 0 saturated heterocycles. The molecule has 3 aliphatic carbocycles. The predicted molar refractivity (Wildman–Crippen MR) is 112 cm³/mol. The Hall–Kier alpha value is -2.39. The van der Waals surface area contributed by atoms with Crippen LogP contribution in [-0.4, -0.2) is 26.6 Å². The molecule has 0 radical (unpaired) electrons. The smallest absolute Gasteiger partial charge is 0.354 e. The first-order valence-electron chi connectivity index (χ1n) is 10.7. The zero-order valence-electron chi connectivity index (χ0n) is 16.8. The maximum absolute atomic E-state index is 13.1. The van der Waals surface area contributed by atoms with Crippen molar-refractivity contribution < 1.29 is 13.7 Å². The molecule has 1 aliphatic heterocycles. The quantitative estimate of drug-likeness (QED) is 0.767. The molecule has 6 rings (SSSR count). The van der Waals surface area contributed by atoms with Gasteiger partial charge >= 0.3 is 6.03 Å². The van der Waals surface area contributed by atoms with Crippen molar-refractivity contribution in [3.05, 3.63) is 34.5 Å². The minimum absolute atomic E-state index is 0.180. The number of nitrogens with one attached hydrogen (secondary N) is 1. The van der Waals surface area contributed by atoms with E-state index in [1.54, 1.807) is 4.68 Å². The van der Waals surface area contributed by atoms with E-state index in [0.29, 0.717) is 19.0 Å². The van der Waals surface area contributed by atoms with Gasteiger partial charge in [-0.15, -0.1) is 4.36 Å². The number of hydrogen-bond acceptors (Lipinski definition) is 4. The minimum Gasteiger partial charge on any atom is -0.477 e. The first kappa shape index (κ1) is 18.4. The van der Waals surface area contributed by atoms with E-state index in [9.17, 15) is 9.00 Å². The lowest BCUT2D eigenvalue weighted by Gasteiger charge is -2.19. The summed E-state index contributed by atoms with van der Waals surface area (Å²) in [6.07, 6.45) is 9.88. The summed E-state index contributed by atoms with van der Waals surface area (Å²) in [5, 5.41) is 13.2. The Labute approximate surface area is 175 Å². The van der Waals surface area contributed by atoms with E-state index in [1.807, 2.05) is 0 Å². The topological polar surface area (TPSA) is 112 Å². The Morgan fingerprint density at radius 1 is 1.23 bits per heavy atom. The van der Waals surface area contributed by atoms with Crippen molar-refractivity contribution in [3.8, 4) is 5.88 Å². The number of rotatable bonds is 2. The molecule has 4 aliphatic rings. The van der Waals surface area contributed by atoms with Crippen LogP contribution in [0.1, 0.15) is 54.4 Å². The highest BCUT2D eigenvalue weighted by Crippen LogP contribution is 2.60. The lowest BCUT2D eigenvalue weighted by atomic mass is 9.92. The summed E-state index contributed by atoms with van der Waals surface area (Å²) in [4.78, 5) is 13.1. The van der Waals surface area contributed by atoms with Gasteiger partial charge in [-0.3, -0.25) is 0 Å². The van der Waals surface area contributed by atoms with Gasteiger partial charge in [0.25, 0.3) is 0 Å². The van der Waals surface area contributed by atoms with Gasteiger partial charge in [0.1, 0.15) is 4.90 Å². The molecule has 9 heteroatoms. The van der Waals surface area contributed by atoms with Crippen molar-refractivity contribution in [3.63, 3.8) is 0 Å². The first-order chi connectivity index (χ1) is 14.5. The molecule has 1 aromatic heterocycles. The standard InChI is InChI=1S/C21H25N5O3S/c22-30(28,16-12-23-26-9-2-10-29-19(16)26)25-20(27)24-18-15-4-1-3-13(15)11-14-5-6-21(7-8-21)17(14)18/h11-12H,1-10H2,(H3,22,24,25,27,28)/t30-/m0/s1. The SMILES string of the molecule is N[S@](=O)(=NC(=O)Nc1c2c(cc3c1C1(CC3)CC1)CCC2)c1cnn2c1OCCC2. The summed E-state index contributed by atoms with van der Waals surface area (Å²) in [6.45, 7) is 1.17. The van der Waals surface area contributed by atoms with Gasteiger partial charge in [-0.05, 0) is 72.6 Å². The molecule has 2 aromatic rings. The lowest BCUT2D eigenvalue weighted by Crippen LogP contribution is -2.21. The third-order valence-electron chi connectivity index (χ3n) is 7.02. The maximum atomic E-state index is 13.1. The van der Waals surface area contributed by atoms with Crippen molar-refractivity contribution in [2.45, 2.75) is 68.2 Å². The summed E-state index contributed by atoms with van der Waals surface area (Å²) in [7, 11) is -3.46. The van der Waals surface area contributed by atoms with Gasteiger partial charge in [0.15, 0.2) is 9.92 Å². The van der Waals surface area contributed by atoms with Crippen LogP contribution in [0.3, 0.4) is 0 Å². The van der Waals surface area contributed by atoms with Crippen LogP contribution in [0.2, 0.25) is 0 Å². The van der Waals surface area contributed by atoms with E-state index in [1.165, 1.54) is 41.3 Å². The van der Waals surface area contributed by atoms with Crippen LogP contribution >= 0.6 is 0 Å². The zero-order valence-corrected chi connectivity index (χ0v) is 17.6. The number of ether oxygens (including phenoxy) is 1. The Morgan fingerprint density at radius 3 is 2.93 bits per heavy atom. The average Bonchev–Trinajstić information content (AvgIpc) is 3.07. The van der Waals surface area contributed by atoms with E-state index in [4.69, 9.17) is 9.88 Å². The monoisotopic (exact) mass is 427 g/mol. The van der Waals surface area contributed by atoms with Crippen molar-refractivity contribution >= 4 is 21.6 Å². The second kappa shape index (κ2) is 6.31. The molecule has 158 valence electrons. The third kappa shape index (κ3) is 2.71.